The lowest BCUT2D eigenvalue weighted by Crippen LogP contribution is -2.74. The lowest BCUT2D eigenvalue weighted by molar-refractivity contribution is -0.146. The summed E-state index contributed by atoms with van der Waals surface area (Å²) in [5, 5.41) is 22.0. The van der Waals surface area contributed by atoms with E-state index in [1.165, 1.54) is 0 Å². The average Bonchev–Trinajstić information content (AvgIpc) is 3.55. The minimum atomic E-state index is -0.985. The molecule has 2 unspecified atom stereocenters. The quantitative estimate of drug-likeness (QED) is 0.671. The summed E-state index contributed by atoms with van der Waals surface area (Å²) < 4.78 is 12.6. The molecule has 4 aliphatic heterocycles. The van der Waals surface area contributed by atoms with E-state index < -0.39 is 11.1 Å². The molecule has 0 saturated carbocycles. The van der Waals surface area contributed by atoms with Crippen molar-refractivity contribution in [2.24, 2.45) is 0 Å². The van der Waals surface area contributed by atoms with Gasteiger partial charge in [-0.05, 0) is 49.7 Å². The zero-order chi connectivity index (χ0) is 23.2. The zero-order valence-corrected chi connectivity index (χ0v) is 19.3. The van der Waals surface area contributed by atoms with Crippen LogP contribution in [0.4, 0.5) is 0 Å². The van der Waals surface area contributed by atoms with Crippen molar-refractivity contribution in [3.8, 4) is 12.1 Å². The summed E-state index contributed by atoms with van der Waals surface area (Å²) in [6.45, 7) is 1.09. The van der Waals surface area contributed by atoms with Crippen molar-refractivity contribution in [2.75, 3.05) is 13.2 Å². The summed E-state index contributed by atoms with van der Waals surface area (Å²) in [6, 6.07) is 26.1. The molecular weight excluding hydrogens is 424 g/mol. The number of fused-ring (bicyclic) bond motifs is 2. The van der Waals surface area contributed by atoms with Gasteiger partial charge in [-0.3, -0.25) is 0 Å². The van der Waals surface area contributed by atoms with Crippen LogP contribution in [-0.4, -0.2) is 46.5 Å². The van der Waals surface area contributed by atoms with Crippen molar-refractivity contribution in [2.45, 2.75) is 74.1 Å². The van der Waals surface area contributed by atoms with Crippen LogP contribution in [0.1, 0.15) is 61.7 Å². The fraction of sp³-hybridized carbons (Fsp3) is 0.500. The highest BCUT2D eigenvalue weighted by Crippen LogP contribution is 2.56. The van der Waals surface area contributed by atoms with Crippen LogP contribution in [0, 0.1) is 22.7 Å². The number of rotatable bonds is 3. The summed E-state index contributed by atoms with van der Waals surface area (Å²) in [7, 11) is 0. The number of benzene rings is 2. The molecule has 2 aromatic rings. The van der Waals surface area contributed by atoms with Gasteiger partial charge in [-0.1, -0.05) is 60.7 Å². The van der Waals surface area contributed by atoms with Gasteiger partial charge in [-0.15, -0.1) is 0 Å². The summed E-state index contributed by atoms with van der Waals surface area (Å²) in [6.07, 6.45) is 4.53. The van der Waals surface area contributed by atoms with E-state index >= 15 is 0 Å². The van der Waals surface area contributed by atoms with Gasteiger partial charge in [0.2, 0.25) is 0 Å². The lowest BCUT2D eigenvalue weighted by Gasteiger charge is -2.58. The molecule has 6 heteroatoms. The van der Waals surface area contributed by atoms with Crippen LogP contribution in [-0.2, 0) is 9.47 Å². The van der Waals surface area contributed by atoms with Crippen LogP contribution >= 0.6 is 0 Å². The molecule has 6 atom stereocenters. The number of nitrogens with zero attached hydrogens (tertiary/aromatic N) is 4. The largest absolute Gasteiger partial charge is 0.361 e. The number of piperidine rings is 2. The molecule has 0 N–H and O–H groups in total. The zero-order valence-electron chi connectivity index (χ0n) is 19.3. The molecule has 0 radical (unpaired) electrons. The van der Waals surface area contributed by atoms with E-state index in [4.69, 9.17) is 9.47 Å². The van der Waals surface area contributed by atoms with Gasteiger partial charge in [0.25, 0.3) is 0 Å². The first-order valence-electron chi connectivity index (χ1n) is 12.5. The van der Waals surface area contributed by atoms with E-state index in [0.717, 1.165) is 36.8 Å². The van der Waals surface area contributed by atoms with Crippen LogP contribution < -0.4 is 0 Å². The molecular formula is C28H30N4O2. The highest BCUT2D eigenvalue weighted by molar-refractivity contribution is 5.38. The summed E-state index contributed by atoms with van der Waals surface area (Å²) in [4.78, 5) is 4.55. The minimum absolute atomic E-state index is 0.0459. The molecule has 4 saturated heterocycles. The van der Waals surface area contributed by atoms with Crippen LogP contribution in [0.25, 0.3) is 0 Å². The Bertz CT molecular complexity index is 1020. The average molecular weight is 455 g/mol. The van der Waals surface area contributed by atoms with Crippen LogP contribution in [0.2, 0.25) is 0 Å². The van der Waals surface area contributed by atoms with Gasteiger partial charge in [-0.2, -0.15) is 10.5 Å². The Kier molecular flexibility index (Phi) is 5.43. The normalized spacial score (nSPS) is 37.9. The standard InChI is InChI=1S/C28H30N4O2/c29-19-27(15-7-13-25-31(27)23(17-33-25)21-9-3-1-4-10-21)28(20-30)16-8-14-26-32(28)24(18-34-26)22-11-5-2-6-12-22/h1-6,9-12,23-26H,7-8,13-18H2/t23-,24-,25+,26+,27?,28?/m0/s1. The Morgan fingerprint density at radius 1 is 0.676 bits per heavy atom. The molecule has 0 aromatic heterocycles. The molecule has 4 fully saturated rings. The highest BCUT2D eigenvalue weighted by atomic mass is 16.5. The Labute approximate surface area is 201 Å². The number of ether oxygens (including phenoxy) is 2. The molecule has 34 heavy (non-hydrogen) atoms. The molecule has 4 heterocycles. The van der Waals surface area contributed by atoms with Crippen molar-refractivity contribution < 1.29 is 9.47 Å². The van der Waals surface area contributed by atoms with Crippen molar-refractivity contribution >= 4 is 0 Å². The predicted molar refractivity (Wildman–Crippen MR) is 126 cm³/mol. The fourth-order valence-electron chi connectivity index (χ4n) is 7.04. The molecule has 0 spiro atoms. The molecule has 2 aromatic carbocycles. The van der Waals surface area contributed by atoms with Gasteiger partial charge in [0.1, 0.15) is 23.5 Å². The third-order valence-corrected chi connectivity index (χ3v) is 8.47. The molecule has 0 aliphatic carbocycles. The summed E-state index contributed by atoms with van der Waals surface area (Å²) in [5.74, 6) is 0. The third-order valence-electron chi connectivity index (χ3n) is 8.47. The number of hydrogen-bond acceptors (Lipinski definition) is 6. The van der Waals surface area contributed by atoms with Crippen molar-refractivity contribution in [3.05, 3.63) is 71.8 Å². The van der Waals surface area contributed by atoms with E-state index in [-0.39, 0.29) is 24.5 Å². The molecule has 174 valence electrons. The van der Waals surface area contributed by atoms with Crippen molar-refractivity contribution in [1.29, 1.82) is 10.5 Å². The lowest BCUT2D eigenvalue weighted by atomic mass is 9.65. The van der Waals surface area contributed by atoms with Crippen LogP contribution in [0.15, 0.2) is 60.7 Å². The van der Waals surface area contributed by atoms with E-state index in [1.54, 1.807) is 0 Å². The summed E-state index contributed by atoms with van der Waals surface area (Å²) in [5.41, 5.74) is 0.316. The molecule has 6 rings (SSSR count). The molecule has 0 amide bonds. The highest BCUT2D eigenvalue weighted by Gasteiger charge is 2.68. The second-order valence-electron chi connectivity index (χ2n) is 9.97. The van der Waals surface area contributed by atoms with Crippen LogP contribution in [0.5, 0.6) is 0 Å². The minimum Gasteiger partial charge on any atom is -0.361 e. The Morgan fingerprint density at radius 2 is 1.09 bits per heavy atom. The first-order chi connectivity index (χ1) is 16.7. The molecule has 4 aliphatic rings. The SMILES string of the molecule is N#CC1(C2(C#N)CCC[C@H]3OC[C@@H](c4ccccc4)N32)CCC[C@H]2OC[C@@H](c3ccccc3)N21. The van der Waals surface area contributed by atoms with Gasteiger partial charge in [-0.25, -0.2) is 9.80 Å². The third kappa shape index (κ3) is 3.00. The Hall–Kier alpha value is -2.74. The predicted octanol–water partition coefficient (Wildman–Crippen LogP) is 4.68. The van der Waals surface area contributed by atoms with E-state index in [1.807, 2.05) is 36.4 Å². The fourth-order valence-corrected chi connectivity index (χ4v) is 7.04. The smallest absolute Gasteiger partial charge is 0.143 e. The maximum absolute atomic E-state index is 11.0. The van der Waals surface area contributed by atoms with Gasteiger partial charge in [0, 0.05) is 0 Å². The molecule has 6 nitrogen and oxygen atoms in total. The van der Waals surface area contributed by atoms with E-state index in [2.05, 4.69) is 46.2 Å². The van der Waals surface area contributed by atoms with Gasteiger partial charge >= 0.3 is 0 Å². The van der Waals surface area contributed by atoms with E-state index in [9.17, 15) is 10.5 Å². The van der Waals surface area contributed by atoms with Crippen molar-refractivity contribution in [1.82, 2.24) is 9.80 Å². The van der Waals surface area contributed by atoms with Gasteiger partial charge in [0.05, 0.1) is 37.4 Å². The van der Waals surface area contributed by atoms with Gasteiger partial charge in [0.15, 0.2) is 0 Å². The first kappa shape index (κ1) is 21.8. The van der Waals surface area contributed by atoms with Crippen molar-refractivity contribution in [3.63, 3.8) is 0 Å². The van der Waals surface area contributed by atoms with Crippen LogP contribution in [0.3, 0.4) is 0 Å². The maximum atomic E-state index is 11.0. The topological polar surface area (TPSA) is 72.5 Å². The van der Waals surface area contributed by atoms with Gasteiger partial charge < -0.3 is 9.47 Å². The second-order valence-corrected chi connectivity index (χ2v) is 9.97. The first-order valence-corrected chi connectivity index (χ1v) is 12.5. The number of nitriles is 2. The summed E-state index contributed by atoms with van der Waals surface area (Å²) >= 11 is 0. The monoisotopic (exact) mass is 454 g/mol. The maximum Gasteiger partial charge on any atom is 0.143 e. The Morgan fingerprint density at radius 3 is 1.47 bits per heavy atom. The Balaban J connectivity index is 1.50. The number of hydrogen-bond donors (Lipinski definition) is 0. The molecule has 0 bridgehead atoms. The second kappa shape index (κ2) is 8.48. The van der Waals surface area contributed by atoms with E-state index in [0.29, 0.717) is 26.1 Å².